The van der Waals surface area contributed by atoms with Crippen molar-refractivity contribution in [2.45, 2.75) is 26.2 Å². The monoisotopic (exact) mass is 385 g/mol. The van der Waals surface area contributed by atoms with Gasteiger partial charge in [0, 0.05) is 56.4 Å². The number of nitrogens with zero attached hydrogens (tertiary/aromatic N) is 3. The van der Waals surface area contributed by atoms with Crippen molar-refractivity contribution >= 4 is 17.5 Å². The molecule has 0 radical (unpaired) electrons. The predicted octanol–water partition coefficient (Wildman–Crippen LogP) is 2.24. The number of hydrogen-bond acceptors (Lipinski definition) is 4. The number of carbonyl (C=O) groups is 2. The van der Waals surface area contributed by atoms with Gasteiger partial charge in [-0.25, -0.2) is 0 Å². The van der Waals surface area contributed by atoms with E-state index in [1.807, 2.05) is 34.1 Å². The molecule has 3 fully saturated rings. The van der Waals surface area contributed by atoms with E-state index in [0.717, 1.165) is 69.9 Å². The third-order valence-electron chi connectivity index (χ3n) is 6.23. The zero-order valence-corrected chi connectivity index (χ0v) is 16.8. The molecular formula is C22H31N3O3. The first kappa shape index (κ1) is 19.2. The summed E-state index contributed by atoms with van der Waals surface area (Å²) in [6.07, 6.45) is 2.75. The first-order valence-electron chi connectivity index (χ1n) is 10.6. The lowest BCUT2D eigenvalue weighted by Crippen LogP contribution is -2.42. The molecule has 1 aliphatic carbocycles. The van der Waals surface area contributed by atoms with Crippen LogP contribution in [-0.2, 0) is 9.53 Å². The van der Waals surface area contributed by atoms with Crippen LogP contribution in [0.3, 0.4) is 0 Å². The standard InChI is InChI=1S/C22H31N3O3/c1-17-16-20(17)22(27)25-10-2-8-24(9-3-11-25)21(26)18-4-6-19(7-5-18)23-12-14-28-15-13-23/h4-7,17,20H,2-3,8-16H2,1H3/t17-,20+/m1/s1. The molecule has 2 heterocycles. The van der Waals surface area contributed by atoms with Crippen molar-refractivity contribution in [1.29, 1.82) is 0 Å². The Morgan fingerprint density at radius 2 is 1.46 bits per heavy atom. The fourth-order valence-electron chi connectivity index (χ4n) is 4.27. The zero-order valence-electron chi connectivity index (χ0n) is 16.8. The van der Waals surface area contributed by atoms with Crippen LogP contribution in [0.15, 0.2) is 24.3 Å². The molecule has 2 saturated heterocycles. The fraction of sp³-hybridized carbons (Fsp3) is 0.636. The van der Waals surface area contributed by atoms with E-state index in [1.165, 1.54) is 0 Å². The average molecular weight is 386 g/mol. The van der Waals surface area contributed by atoms with Gasteiger partial charge in [0.1, 0.15) is 0 Å². The van der Waals surface area contributed by atoms with E-state index in [-0.39, 0.29) is 11.8 Å². The Labute approximate surface area is 167 Å². The summed E-state index contributed by atoms with van der Waals surface area (Å²) >= 11 is 0. The summed E-state index contributed by atoms with van der Waals surface area (Å²) in [5.74, 6) is 1.23. The average Bonchev–Trinajstić information content (AvgIpc) is 3.44. The normalized spacial score (nSPS) is 25.8. The molecule has 0 aromatic heterocycles. The van der Waals surface area contributed by atoms with Gasteiger partial charge in [-0.1, -0.05) is 6.92 Å². The van der Waals surface area contributed by atoms with Gasteiger partial charge in [0.05, 0.1) is 13.2 Å². The summed E-state index contributed by atoms with van der Waals surface area (Å²) in [5, 5.41) is 0. The molecule has 0 N–H and O–H groups in total. The molecule has 1 saturated carbocycles. The fourth-order valence-corrected chi connectivity index (χ4v) is 4.27. The molecule has 6 nitrogen and oxygen atoms in total. The number of morpholine rings is 1. The van der Waals surface area contributed by atoms with Gasteiger partial charge >= 0.3 is 0 Å². The van der Waals surface area contributed by atoms with Gasteiger partial charge in [-0.15, -0.1) is 0 Å². The van der Waals surface area contributed by atoms with Gasteiger partial charge in [-0.05, 0) is 49.4 Å². The molecule has 2 atom stereocenters. The Morgan fingerprint density at radius 1 is 0.893 bits per heavy atom. The van der Waals surface area contributed by atoms with Crippen LogP contribution >= 0.6 is 0 Å². The number of amides is 2. The van der Waals surface area contributed by atoms with E-state index in [1.54, 1.807) is 0 Å². The zero-order chi connectivity index (χ0) is 19.5. The molecule has 1 aromatic carbocycles. The maximum Gasteiger partial charge on any atom is 0.253 e. The number of anilines is 1. The summed E-state index contributed by atoms with van der Waals surface area (Å²) in [5.41, 5.74) is 1.90. The van der Waals surface area contributed by atoms with Crippen LogP contribution in [0.25, 0.3) is 0 Å². The van der Waals surface area contributed by atoms with Gasteiger partial charge in [-0.3, -0.25) is 9.59 Å². The lowest BCUT2D eigenvalue weighted by atomic mass is 10.1. The first-order chi connectivity index (χ1) is 13.6. The van der Waals surface area contributed by atoms with Crippen LogP contribution in [0.4, 0.5) is 5.69 Å². The van der Waals surface area contributed by atoms with Crippen molar-refractivity contribution in [3.8, 4) is 0 Å². The second-order valence-corrected chi connectivity index (χ2v) is 8.29. The lowest BCUT2D eigenvalue weighted by Gasteiger charge is -2.31. The SMILES string of the molecule is C[C@@H]1C[C@@H]1C(=O)N1CCCN(C(=O)c2ccc(N3CCOCC3)cc2)CCC1. The smallest absolute Gasteiger partial charge is 0.253 e. The summed E-state index contributed by atoms with van der Waals surface area (Å²) in [7, 11) is 0. The van der Waals surface area contributed by atoms with Crippen LogP contribution in [-0.4, -0.2) is 74.1 Å². The van der Waals surface area contributed by atoms with Gasteiger partial charge in [0.25, 0.3) is 5.91 Å². The predicted molar refractivity (Wildman–Crippen MR) is 108 cm³/mol. The lowest BCUT2D eigenvalue weighted by molar-refractivity contribution is -0.133. The second kappa shape index (κ2) is 8.52. The molecule has 6 heteroatoms. The largest absolute Gasteiger partial charge is 0.378 e. The van der Waals surface area contributed by atoms with Gasteiger partial charge in [-0.2, -0.15) is 0 Å². The molecule has 4 rings (SSSR count). The van der Waals surface area contributed by atoms with Gasteiger partial charge < -0.3 is 19.4 Å². The van der Waals surface area contributed by atoms with E-state index in [9.17, 15) is 9.59 Å². The van der Waals surface area contributed by atoms with Crippen LogP contribution in [0.2, 0.25) is 0 Å². The van der Waals surface area contributed by atoms with E-state index in [4.69, 9.17) is 4.74 Å². The minimum absolute atomic E-state index is 0.101. The number of ether oxygens (including phenoxy) is 1. The molecule has 0 bridgehead atoms. The van der Waals surface area contributed by atoms with Crippen molar-refractivity contribution in [3.63, 3.8) is 0 Å². The summed E-state index contributed by atoms with van der Waals surface area (Å²) in [6, 6.07) is 7.96. The van der Waals surface area contributed by atoms with E-state index in [0.29, 0.717) is 24.9 Å². The molecule has 28 heavy (non-hydrogen) atoms. The maximum absolute atomic E-state index is 12.9. The van der Waals surface area contributed by atoms with Crippen molar-refractivity contribution in [1.82, 2.24) is 9.80 Å². The number of benzene rings is 1. The Morgan fingerprint density at radius 3 is 2.04 bits per heavy atom. The minimum atomic E-state index is 0.101. The minimum Gasteiger partial charge on any atom is -0.378 e. The van der Waals surface area contributed by atoms with Gasteiger partial charge in [0.2, 0.25) is 5.91 Å². The quantitative estimate of drug-likeness (QED) is 0.801. The molecule has 2 amide bonds. The van der Waals surface area contributed by atoms with Crippen LogP contribution in [0.1, 0.15) is 36.5 Å². The third-order valence-corrected chi connectivity index (χ3v) is 6.23. The highest BCUT2D eigenvalue weighted by molar-refractivity contribution is 5.94. The second-order valence-electron chi connectivity index (χ2n) is 8.29. The topological polar surface area (TPSA) is 53.1 Å². The van der Waals surface area contributed by atoms with Gasteiger partial charge in [0.15, 0.2) is 0 Å². The summed E-state index contributed by atoms with van der Waals surface area (Å²) in [6.45, 7) is 8.42. The number of carbonyl (C=O) groups excluding carboxylic acids is 2. The summed E-state index contributed by atoms with van der Waals surface area (Å²) in [4.78, 5) is 31.7. The van der Waals surface area contributed by atoms with Crippen molar-refractivity contribution in [3.05, 3.63) is 29.8 Å². The molecule has 0 unspecified atom stereocenters. The van der Waals surface area contributed by atoms with Crippen LogP contribution in [0, 0.1) is 11.8 Å². The summed E-state index contributed by atoms with van der Waals surface area (Å²) < 4.78 is 5.40. The number of rotatable bonds is 3. The Hall–Kier alpha value is -2.08. The van der Waals surface area contributed by atoms with E-state index < -0.39 is 0 Å². The first-order valence-corrected chi connectivity index (χ1v) is 10.6. The molecule has 2 aliphatic heterocycles. The highest BCUT2D eigenvalue weighted by Gasteiger charge is 2.41. The molecule has 0 spiro atoms. The Bertz CT molecular complexity index is 689. The van der Waals surface area contributed by atoms with Crippen molar-refractivity contribution < 1.29 is 14.3 Å². The van der Waals surface area contributed by atoms with Crippen LogP contribution < -0.4 is 4.90 Å². The highest BCUT2D eigenvalue weighted by Crippen LogP contribution is 2.39. The Balaban J connectivity index is 1.31. The van der Waals surface area contributed by atoms with E-state index in [2.05, 4.69) is 11.8 Å². The molecule has 152 valence electrons. The van der Waals surface area contributed by atoms with E-state index >= 15 is 0 Å². The Kier molecular flexibility index (Phi) is 5.85. The molecule has 3 aliphatic rings. The third kappa shape index (κ3) is 4.32. The number of hydrogen-bond donors (Lipinski definition) is 0. The van der Waals surface area contributed by atoms with Crippen LogP contribution in [0.5, 0.6) is 0 Å². The molecule has 1 aromatic rings. The van der Waals surface area contributed by atoms with Crippen molar-refractivity contribution in [2.75, 3.05) is 57.4 Å². The van der Waals surface area contributed by atoms with Crippen molar-refractivity contribution in [2.24, 2.45) is 11.8 Å². The highest BCUT2D eigenvalue weighted by atomic mass is 16.5. The maximum atomic E-state index is 12.9. The molecular weight excluding hydrogens is 354 g/mol.